The van der Waals surface area contributed by atoms with Crippen LogP contribution in [0.15, 0.2) is 23.8 Å². The number of amides is 1. The van der Waals surface area contributed by atoms with Crippen molar-refractivity contribution >= 4 is 17.5 Å². The van der Waals surface area contributed by atoms with Gasteiger partial charge in [-0.05, 0) is 48.9 Å². The van der Waals surface area contributed by atoms with Crippen molar-refractivity contribution in [2.75, 3.05) is 20.7 Å². The minimum absolute atomic E-state index is 0.166. The Kier molecular flexibility index (Phi) is 3.94. The fourth-order valence-corrected chi connectivity index (χ4v) is 3.58. The summed E-state index contributed by atoms with van der Waals surface area (Å²) < 4.78 is 5.35. The summed E-state index contributed by atoms with van der Waals surface area (Å²) in [6.07, 6.45) is 6.29. The highest BCUT2D eigenvalue weighted by Gasteiger charge is 2.33. The molecule has 1 atom stereocenters. The molecule has 0 bridgehead atoms. The highest BCUT2D eigenvalue weighted by Crippen LogP contribution is 2.40. The Labute approximate surface area is 130 Å². The molecule has 0 spiro atoms. The first kappa shape index (κ1) is 14.5. The number of fused-ring (bicyclic) bond motifs is 1. The summed E-state index contributed by atoms with van der Waals surface area (Å²) in [6.45, 7) is 0.734. The van der Waals surface area contributed by atoms with Crippen molar-refractivity contribution in [1.29, 1.82) is 0 Å². The molecule has 2 aliphatic rings. The van der Waals surface area contributed by atoms with Gasteiger partial charge < -0.3 is 9.64 Å². The molecule has 1 aromatic carbocycles. The smallest absolute Gasteiger partial charge is 0.233 e. The summed E-state index contributed by atoms with van der Waals surface area (Å²) in [4.78, 5) is 14.6. The normalized spacial score (nSPS) is 21.9. The molecule has 0 fully saturated rings. The second-order valence-corrected chi connectivity index (χ2v) is 6.21. The number of hydrogen-bond acceptors (Lipinski definition) is 2. The third-order valence-electron chi connectivity index (χ3n) is 4.51. The van der Waals surface area contributed by atoms with Gasteiger partial charge in [-0.1, -0.05) is 23.3 Å². The number of hydrogen-bond donors (Lipinski definition) is 0. The van der Waals surface area contributed by atoms with E-state index >= 15 is 0 Å². The first-order chi connectivity index (χ1) is 10.1. The summed E-state index contributed by atoms with van der Waals surface area (Å²) in [6, 6.07) is 3.92. The lowest BCUT2D eigenvalue weighted by Crippen LogP contribution is -2.31. The zero-order valence-corrected chi connectivity index (χ0v) is 13.2. The van der Waals surface area contributed by atoms with E-state index in [-0.39, 0.29) is 11.8 Å². The molecular weight excluding hydrogens is 286 g/mol. The monoisotopic (exact) mass is 305 g/mol. The summed E-state index contributed by atoms with van der Waals surface area (Å²) in [5.74, 6) is 0.670. The first-order valence-corrected chi connectivity index (χ1v) is 7.80. The Hall–Kier alpha value is -1.48. The van der Waals surface area contributed by atoms with E-state index < -0.39 is 0 Å². The molecule has 0 saturated heterocycles. The van der Waals surface area contributed by atoms with Crippen molar-refractivity contribution in [3.05, 3.63) is 39.9 Å². The van der Waals surface area contributed by atoms with Gasteiger partial charge in [-0.15, -0.1) is 0 Å². The zero-order chi connectivity index (χ0) is 15.0. The largest absolute Gasteiger partial charge is 0.495 e. The molecule has 4 heteroatoms. The van der Waals surface area contributed by atoms with E-state index in [1.165, 1.54) is 5.57 Å². The number of methoxy groups -OCH3 is 1. The number of likely N-dealkylation sites (N-methyl/N-ethyl adjacent to an activating group) is 1. The van der Waals surface area contributed by atoms with E-state index in [1.807, 2.05) is 24.1 Å². The molecule has 0 N–H and O–H groups in total. The van der Waals surface area contributed by atoms with Crippen LogP contribution in [-0.2, 0) is 11.2 Å². The van der Waals surface area contributed by atoms with Crippen LogP contribution in [0.3, 0.4) is 0 Å². The van der Waals surface area contributed by atoms with E-state index in [1.54, 1.807) is 7.11 Å². The maximum absolute atomic E-state index is 12.8. The van der Waals surface area contributed by atoms with Crippen LogP contribution in [0.1, 0.15) is 36.3 Å². The second kappa shape index (κ2) is 5.72. The number of ether oxygens (including phenoxy) is 1. The first-order valence-electron chi connectivity index (χ1n) is 7.42. The van der Waals surface area contributed by atoms with Crippen molar-refractivity contribution < 1.29 is 9.53 Å². The second-order valence-electron chi connectivity index (χ2n) is 5.80. The van der Waals surface area contributed by atoms with Gasteiger partial charge in [0.25, 0.3) is 0 Å². The average molecular weight is 306 g/mol. The molecule has 3 rings (SSSR count). The van der Waals surface area contributed by atoms with Gasteiger partial charge >= 0.3 is 0 Å². The number of halogens is 1. The zero-order valence-electron chi connectivity index (χ0n) is 12.5. The van der Waals surface area contributed by atoms with Crippen LogP contribution in [0.25, 0.3) is 0 Å². The van der Waals surface area contributed by atoms with Crippen LogP contribution in [0.4, 0.5) is 0 Å². The standard InChI is InChI=1S/C17H20ClNO2/c1-19-8-7-12-9-14(18)15(21-2)10-13(12)16(17(19)20)11-5-3-4-6-11/h5,9-10,16H,3-4,6-8H2,1-2H3/t16-/m1/s1. The van der Waals surface area contributed by atoms with E-state index in [9.17, 15) is 4.79 Å². The summed E-state index contributed by atoms with van der Waals surface area (Å²) in [5.41, 5.74) is 3.48. The Morgan fingerprint density at radius 2 is 2.14 bits per heavy atom. The van der Waals surface area contributed by atoms with Gasteiger partial charge in [-0.3, -0.25) is 4.79 Å². The lowest BCUT2D eigenvalue weighted by atomic mass is 9.86. The van der Waals surface area contributed by atoms with Crippen LogP contribution in [0, 0.1) is 0 Å². The Balaban J connectivity index is 2.14. The molecule has 112 valence electrons. The van der Waals surface area contributed by atoms with Gasteiger partial charge in [0.1, 0.15) is 5.75 Å². The molecule has 1 aliphatic carbocycles. The predicted octanol–water partition coefficient (Wildman–Crippen LogP) is 3.56. The third kappa shape index (κ3) is 2.55. The number of carbonyl (C=O) groups is 1. The Morgan fingerprint density at radius 3 is 2.81 bits per heavy atom. The SMILES string of the molecule is COc1cc2c(cc1Cl)CCN(C)C(=O)[C@@H]2C1=CCCC1. The molecule has 1 amide bonds. The molecule has 21 heavy (non-hydrogen) atoms. The molecule has 0 saturated carbocycles. The molecular formula is C17H20ClNO2. The maximum atomic E-state index is 12.8. The Morgan fingerprint density at radius 1 is 1.33 bits per heavy atom. The fraction of sp³-hybridized carbons (Fsp3) is 0.471. The predicted molar refractivity (Wildman–Crippen MR) is 84.0 cm³/mol. The number of carbonyl (C=O) groups excluding carboxylic acids is 1. The van der Waals surface area contributed by atoms with Crippen molar-refractivity contribution in [2.45, 2.75) is 31.6 Å². The fourth-order valence-electron chi connectivity index (χ4n) is 3.32. The van der Waals surface area contributed by atoms with Gasteiger partial charge in [0.15, 0.2) is 0 Å². The third-order valence-corrected chi connectivity index (χ3v) is 4.81. The lowest BCUT2D eigenvalue weighted by molar-refractivity contribution is -0.130. The van der Waals surface area contributed by atoms with Crippen LogP contribution in [0.2, 0.25) is 5.02 Å². The molecule has 0 aromatic heterocycles. The summed E-state index contributed by atoms with van der Waals surface area (Å²) in [5, 5.41) is 0.618. The van der Waals surface area contributed by atoms with Gasteiger partial charge in [0.2, 0.25) is 5.91 Å². The molecule has 1 heterocycles. The van der Waals surface area contributed by atoms with Crippen molar-refractivity contribution in [1.82, 2.24) is 4.90 Å². The van der Waals surface area contributed by atoms with E-state index in [4.69, 9.17) is 16.3 Å². The molecule has 0 unspecified atom stereocenters. The number of allylic oxidation sites excluding steroid dienone is 1. The topological polar surface area (TPSA) is 29.5 Å². The molecule has 1 aromatic rings. The highest BCUT2D eigenvalue weighted by atomic mass is 35.5. The summed E-state index contributed by atoms with van der Waals surface area (Å²) >= 11 is 6.26. The van der Waals surface area contributed by atoms with Crippen LogP contribution < -0.4 is 4.74 Å². The van der Waals surface area contributed by atoms with E-state index in [0.29, 0.717) is 10.8 Å². The minimum atomic E-state index is -0.166. The molecule has 1 aliphatic heterocycles. The molecule has 3 nitrogen and oxygen atoms in total. The quantitative estimate of drug-likeness (QED) is 0.782. The Bertz CT molecular complexity index is 609. The minimum Gasteiger partial charge on any atom is -0.495 e. The van der Waals surface area contributed by atoms with E-state index in [0.717, 1.165) is 43.4 Å². The van der Waals surface area contributed by atoms with Crippen molar-refractivity contribution in [2.24, 2.45) is 0 Å². The van der Waals surface area contributed by atoms with Crippen molar-refractivity contribution in [3.63, 3.8) is 0 Å². The summed E-state index contributed by atoms with van der Waals surface area (Å²) in [7, 11) is 3.50. The lowest BCUT2D eigenvalue weighted by Gasteiger charge is -2.22. The van der Waals surface area contributed by atoms with Crippen LogP contribution in [-0.4, -0.2) is 31.5 Å². The highest BCUT2D eigenvalue weighted by molar-refractivity contribution is 6.32. The van der Waals surface area contributed by atoms with Gasteiger partial charge in [0.05, 0.1) is 18.1 Å². The number of benzene rings is 1. The van der Waals surface area contributed by atoms with Gasteiger partial charge in [0, 0.05) is 13.6 Å². The van der Waals surface area contributed by atoms with Crippen LogP contribution >= 0.6 is 11.6 Å². The van der Waals surface area contributed by atoms with Gasteiger partial charge in [-0.2, -0.15) is 0 Å². The van der Waals surface area contributed by atoms with E-state index in [2.05, 4.69) is 6.08 Å². The van der Waals surface area contributed by atoms with Crippen molar-refractivity contribution in [3.8, 4) is 5.75 Å². The average Bonchev–Trinajstić information content (AvgIpc) is 2.96. The maximum Gasteiger partial charge on any atom is 0.233 e. The number of rotatable bonds is 2. The van der Waals surface area contributed by atoms with Gasteiger partial charge in [-0.25, -0.2) is 0 Å². The molecule has 0 radical (unpaired) electrons. The number of nitrogens with zero attached hydrogens (tertiary/aromatic N) is 1. The van der Waals surface area contributed by atoms with Crippen LogP contribution in [0.5, 0.6) is 5.75 Å².